The van der Waals surface area contributed by atoms with Gasteiger partial charge in [-0.3, -0.25) is 9.89 Å². The van der Waals surface area contributed by atoms with Crippen molar-refractivity contribution in [2.45, 2.75) is 39.7 Å². The second kappa shape index (κ2) is 8.95. The maximum absolute atomic E-state index is 12.5. The topological polar surface area (TPSA) is 61.0 Å². The molecule has 152 valence electrons. The van der Waals surface area contributed by atoms with Crippen molar-refractivity contribution in [3.63, 3.8) is 0 Å². The molecule has 0 spiro atoms. The number of nitrogens with one attached hydrogen (secondary N) is 2. The minimum absolute atomic E-state index is 0.0408. The van der Waals surface area contributed by atoms with Crippen LogP contribution in [0.5, 0.6) is 0 Å². The fraction of sp³-hybridized carbons (Fsp3) is 0.333. The van der Waals surface area contributed by atoms with Gasteiger partial charge >= 0.3 is 0 Å². The first-order valence-electron chi connectivity index (χ1n) is 10.1. The van der Waals surface area contributed by atoms with Crippen LogP contribution in [0.4, 0.5) is 0 Å². The third-order valence-corrected chi connectivity index (χ3v) is 5.13. The van der Waals surface area contributed by atoms with Crippen LogP contribution in [-0.4, -0.2) is 41.1 Å². The van der Waals surface area contributed by atoms with Gasteiger partial charge in [0.1, 0.15) is 0 Å². The Hall–Kier alpha value is -3.08. The van der Waals surface area contributed by atoms with Crippen LogP contribution in [0, 0.1) is 0 Å². The minimum Gasteiger partial charge on any atom is -0.383 e. The molecule has 29 heavy (non-hydrogen) atoms. The number of hydrogen-bond donors (Lipinski definition) is 2. The summed E-state index contributed by atoms with van der Waals surface area (Å²) in [5, 5.41) is 11.6. The van der Waals surface area contributed by atoms with Gasteiger partial charge in [-0.2, -0.15) is 5.10 Å². The summed E-state index contributed by atoms with van der Waals surface area (Å²) in [6.07, 6.45) is 3.76. The Labute approximate surface area is 172 Å². The third kappa shape index (κ3) is 5.05. The summed E-state index contributed by atoms with van der Waals surface area (Å²) in [6.45, 7) is 6.19. The zero-order valence-electron chi connectivity index (χ0n) is 17.9. The lowest BCUT2D eigenvalue weighted by atomic mass is 10.0. The van der Waals surface area contributed by atoms with Gasteiger partial charge < -0.3 is 10.2 Å². The van der Waals surface area contributed by atoms with E-state index in [-0.39, 0.29) is 11.9 Å². The largest absolute Gasteiger partial charge is 0.383 e. The fourth-order valence-electron chi connectivity index (χ4n) is 3.30. The molecule has 0 radical (unpaired) electrons. The number of carbonyl (C=O) groups excluding carboxylic acids is 1. The van der Waals surface area contributed by atoms with Gasteiger partial charge in [0.25, 0.3) is 5.91 Å². The van der Waals surface area contributed by atoms with Crippen LogP contribution in [-0.2, 0) is 6.42 Å². The molecule has 5 nitrogen and oxygen atoms in total. The third-order valence-electron chi connectivity index (χ3n) is 5.13. The fourth-order valence-corrected chi connectivity index (χ4v) is 3.30. The maximum Gasteiger partial charge on any atom is 0.251 e. The molecule has 0 saturated heterocycles. The average Bonchev–Trinajstić information content (AvgIpc) is 3.09. The van der Waals surface area contributed by atoms with E-state index in [9.17, 15) is 4.79 Å². The highest BCUT2D eigenvalue weighted by Gasteiger charge is 2.12. The van der Waals surface area contributed by atoms with Crippen LogP contribution in [0.1, 0.15) is 54.4 Å². The van der Waals surface area contributed by atoms with Crippen LogP contribution < -0.4 is 5.32 Å². The Balaban J connectivity index is 1.81. The number of aromatic amines is 1. The lowest BCUT2D eigenvalue weighted by molar-refractivity contribution is 0.0939. The van der Waals surface area contributed by atoms with Gasteiger partial charge in [-0.25, -0.2) is 0 Å². The summed E-state index contributed by atoms with van der Waals surface area (Å²) in [6, 6.07) is 14.4. The zero-order valence-corrected chi connectivity index (χ0v) is 17.9. The molecule has 0 fully saturated rings. The number of hydrogen-bond acceptors (Lipinski definition) is 3. The van der Waals surface area contributed by atoms with Gasteiger partial charge in [-0.15, -0.1) is 0 Å². The quantitative estimate of drug-likeness (QED) is 0.620. The number of benzene rings is 2. The standard InChI is InChI=1S/C24H30N4O/c1-6-17(3)25-24(29)20-11-12-22-21(14-20)23(27-26-22)13-18-7-9-19(10-8-18)16(2)15-28(4)5/h7-12,14-15,17H,6,13H2,1-5H3,(H,25,29)(H,26,27)/b16-15+. The molecular formula is C24H30N4O. The molecule has 3 aromatic rings. The lowest BCUT2D eigenvalue weighted by Crippen LogP contribution is -2.31. The van der Waals surface area contributed by atoms with Gasteiger partial charge in [0.2, 0.25) is 0 Å². The number of amides is 1. The molecule has 0 aliphatic rings. The Morgan fingerprint density at radius 3 is 2.52 bits per heavy atom. The van der Waals surface area contributed by atoms with E-state index < -0.39 is 0 Å². The molecule has 1 amide bonds. The highest BCUT2D eigenvalue weighted by molar-refractivity contribution is 5.98. The molecule has 1 unspecified atom stereocenters. The number of fused-ring (bicyclic) bond motifs is 1. The van der Waals surface area contributed by atoms with Crippen LogP contribution in [0.15, 0.2) is 48.7 Å². The monoisotopic (exact) mass is 390 g/mol. The van der Waals surface area contributed by atoms with Gasteiger partial charge in [0.15, 0.2) is 0 Å². The van der Waals surface area contributed by atoms with Gasteiger partial charge in [-0.05, 0) is 55.2 Å². The van der Waals surface area contributed by atoms with Gasteiger partial charge in [-0.1, -0.05) is 31.2 Å². The average molecular weight is 391 g/mol. The molecule has 2 aromatic carbocycles. The molecule has 2 N–H and O–H groups in total. The molecule has 5 heteroatoms. The first kappa shape index (κ1) is 20.6. The second-order valence-electron chi connectivity index (χ2n) is 7.87. The Bertz CT molecular complexity index is 1020. The van der Waals surface area contributed by atoms with E-state index >= 15 is 0 Å². The number of nitrogens with zero attached hydrogens (tertiary/aromatic N) is 2. The maximum atomic E-state index is 12.5. The van der Waals surface area contributed by atoms with Crippen molar-refractivity contribution in [1.29, 1.82) is 0 Å². The summed E-state index contributed by atoms with van der Waals surface area (Å²) in [5.74, 6) is -0.0408. The summed E-state index contributed by atoms with van der Waals surface area (Å²) in [4.78, 5) is 14.5. The first-order chi connectivity index (χ1) is 13.9. The summed E-state index contributed by atoms with van der Waals surface area (Å²) in [5.41, 5.74) is 6.20. The van der Waals surface area contributed by atoms with Crippen molar-refractivity contribution in [3.05, 3.63) is 71.0 Å². The van der Waals surface area contributed by atoms with Crippen molar-refractivity contribution >= 4 is 22.4 Å². The van der Waals surface area contributed by atoms with Crippen molar-refractivity contribution in [1.82, 2.24) is 20.4 Å². The van der Waals surface area contributed by atoms with Crippen LogP contribution in [0.2, 0.25) is 0 Å². The van der Waals surface area contributed by atoms with E-state index in [2.05, 4.69) is 64.7 Å². The van der Waals surface area contributed by atoms with Crippen molar-refractivity contribution in [2.24, 2.45) is 0 Å². The molecule has 1 heterocycles. The van der Waals surface area contributed by atoms with Crippen LogP contribution in [0.3, 0.4) is 0 Å². The van der Waals surface area contributed by atoms with E-state index in [1.807, 2.05) is 39.2 Å². The first-order valence-corrected chi connectivity index (χ1v) is 10.1. The molecule has 3 rings (SSSR count). The van der Waals surface area contributed by atoms with Gasteiger partial charge in [0, 0.05) is 49.4 Å². The smallest absolute Gasteiger partial charge is 0.251 e. The molecule has 0 aliphatic heterocycles. The number of H-pyrrole nitrogens is 1. The predicted octanol–water partition coefficient (Wildman–Crippen LogP) is 4.60. The Kier molecular flexibility index (Phi) is 6.37. The molecule has 0 aliphatic carbocycles. The second-order valence-corrected chi connectivity index (χ2v) is 7.87. The van der Waals surface area contributed by atoms with E-state index in [0.717, 1.165) is 29.4 Å². The Morgan fingerprint density at radius 2 is 1.86 bits per heavy atom. The highest BCUT2D eigenvalue weighted by atomic mass is 16.1. The zero-order chi connectivity index (χ0) is 21.0. The van der Waals surface area contributed by atoms with E-state index in [1.54, 1.807) is 0 Å². The summed E-state index contributed by atoms with van der Waals surface area (Å²) < 4.78 is 0. The summed E-state index contributed by atoms with van der Waals surface area (Å²) in [7, 11) is 4.05. The lowest BCUT2D eigenvalue weighted by Gasteiger charge is -2.11. The molecule has 0 bridgehead atoms. The number of aromatic nitrogens is 2. The minimum atomic E-state index is -0.0408. The molecule has 0 saturated carbocycles. The van der Waals surface area contributed by atoms with E-state index in [0.29, 0.717) is 5.56 Å². The van der Waals surface area contributed by atoms with E-state index in [4.69, 9.17) is 0 Å². The Morgan fingerprint density at radius 1 is 1.17 bits per heavy atom. The molecule has 1 atom stereocenters. The van der Waals surface area contributed by atoms with Gasteiger partial charge in [0.05, 0.1) is 5.52 Å². The SMILES string of the molecule is CCC(C)NC(=O)c1ccc2n[nH]c(Cc3ccc(/C(C)=C/N(C)C)cc3)c2c1. The van der Waals surface area contributed by atoms with Crippen molar-refractivity contribution in [2.75, 3.05) is 14.1 Å². The number of allylic oxidation sites excluding steroid dienone is 1. The van der Waals surface area contributed by atoms with E-state index in [1.165, 1.54) is 16.7 Å². The normalized spacial score (nSPS) is 12.8. The van der Waals surface area contributed by atoms with Crippen molar-refractivity contribution < 1.29 is 4.79 Å². The summed E-state index contributed by atoms with van der Waals surface area (Å²) >= 11 is 0. The predicted molar refractivity (Wildman–Crippen MR) is 120 cm³/mol. The van der Waals surface area contributed by atoms with Crippen molar-refractivity contribution in [3.8, 4) is 0 Å². The number of rotatable bonds is 7. The molecule has 1 aromatic heterocycles. The highest BCUT2D eigenvalue weighted by Crippen LogP contribution is 2.22. The van der Waals surface area contributed by atoms with Crippen LogP contribution in [0.25, 0.3) is 16.5 Å². The number of carbonyl (C=O) groups is 1. The molecular weight excluding hydrogens is 360 g/mol. The van der Waals surface area contributed by atoms with Crippen LogP contribution >= 0.6 is 0 Å².